The second-order valence-corrected chi connectivity index (χ2v) is 6.05. The number of likely N-dealkylation sites (tertiary alicyclic amines) is 1. The van der Waals surface area contributed by atoms with Gasteiger partial charge in [-0.25, -0.2) is 0 Å². The summed E-state index contributed by atoms with van der Waals surface area (Å²) in [6.07, 6.45) is 5.20. The summed E-state index contributed by atoms with van der Waals surface area (Å²) >= 11 is 0. The minimum atomic E-state index is 0.166. The van der Waals surface area contributed by atoms with Crippen molar-refractivity contribution in [2.45, 2.75) is 65.0 Å². The third-order valence-electron chi connectivity index (χ3n) is 3.93. The molecule has 1 saturated heterocycles. The Labute approximate surface area is 101 Å². The highest BCUT2D eigenvalue weighted by atomic mass is 15.3. The van der Waals surface area contributed by atoms with E-state index in [-0.39, 0.29) is 5.54 Å². The average molecular weight is 227 g/mol. The van der Waals surface area contributed by atoms with Crippen molar-refractivity contribution in [1.29, 1.82) is 0 Å². The fourth-order valence-corrected chi connectivity index (χ4v) is 2.72. The highest BCUT2D eigenvalue weighted by Gasteiger charge is 2.35. The molecule has 0 radical (unpaired) electrons. The van der Waals surface area contributed by atoms with E-state index < -0.39 is 0 Å². The van der Waals surface area contributed by atoms with Crippen LogP contribution in [0.5, 0.6) is 0 Å². The lowest BCUT2D eigenvalue weighted by atomic mass is 9.85. The molecule has 1 aliphatic rings. The fraction of sp³-hybridized carbons (Fsp3) is 1.00. The molecule has 0 aromatic carbocycles. The third-order valence-corrected chi connectivity index (χ3v) is 3.93. The molecule has 1 aliphatic heterocycles. The first-order valence-corrected chi connectivity index (χ1v) is 6.69. The van der Waals surface area contributed by atoms with Gasteiger partial charge in [0.25, 0.3) is 0 Å². The van der Waals surface area contributed by atoms with E-state index in [9.17, 15) is 0 Å². The number of piperidine rings is 1. The Kier molecular flexibility index (Phi) is 5.22. The van der Waals surface area contributed by atoms with Gasteiger partial charge in [0.05, 0.1) is 0 Å². The molecular formula is C13H29N3. The van der Waals surface area contributed by atoms with Crippen molar-refractivity contribution in [3.05, 3.63) is 0 Å². The maximum absolute atomic E-state index is 5.74. The lowest BCUT2D eigenvalue weighted by Crippen LogP contribution is -2.60. The monoisotopic (exact) mass is 227 g/mol. The van der Waals surface area contributed by atoms with E-state index in [1.807, 2.05) is 0 Å². The van der Waals surface area contributed by atoms with Crippen LogP contribution in [-0.4, -0.2) is 29.6 Å². The molecule has 3 N–H and O–H groups in total. The number of hydrogen-bond acceptors (Lipinski definition) is 3. The molecule has 1 unspecified atom stereocenters. The van der Waals surface area contributed by atoms with Gasteiger partial charge < -0.3 is 0 Å². The zero-order valence-corrected chi connectivity index (χ0v) is 11.4. The molecule has 0 bridgehead atoms. The maximum atomic E-state index is 5.74. The summed E-state index contributed by atoms with van der Waals surface area (Å²) in [4.78, 5) is 2.60. The first-order valence-electron chi connectivity index (χ1n) is 6.69. The lowest BCUT2D eigenvalue weighted by molar-refractivity contribution is 0.0541. The first-order chi connectivity index (χ1) is 7.48. The molecule has 1 heterocycles. The molecule has 3 nitrogen and oxygen atoms in total. The van der Waals surface area contributed by atoms with Gasteiger partial charge in [-0.3, -0.25) is 16.2 Å². The lowest BCUT2D eigenvalue weighted by Gasteiger charge is -2.46. The van der Waals surface area contributed by atoms with E-state index in [0.29, 0.717) is 12.0 Å². The van der Waals surface area contributed by atoms with Gasteiger partial charge in [0.15, 0.2) is 0 Å². The van der Waals surface area contributed by atoms with Crippen LogP contribution < -0.4 is 11.3 Å². The molecule has 0 aromatic heterocycles. The van der Waals surface area contributed by atoms with Crippen LogP contribution in [0.3, 0.4) is 0 Å². The van der Waals surface area contributed by atoms with E-state index in [4.69, 9.17) is 5.84 Å². The van der Waals surface area contributed by atoms with Crippen LogP contribution in [0.4, 0.5) is 0 Å². The topological polar surface area (TPSA) is 41.3 Å². The predicted molar refractivity (Wildman–Crippen MR) is 70.1 cm³/mol. The first kappa shape index (κ1) is 13.9. The van der Waals surface area contributed by atoms with Crippen LogP contribution in [0.15, 0.2) is 0 Å². The number of rotatable bonds is 5. The Hall–Kier alpha value is -0.120. The molecule has 1 rings (SSSR count). The summed E-state index contributed by atoms with van der Waals surface area (Å²) in [5.41, 5.74) is 3.20. The highest BCUT2D eigenvalue weighted by Crippen LogP contribution is 2.26. The number of nitrogens with zero attached hydrogens (tertiary/aromatic N) is 1. The van der Waals surface area contributed by atoms with Crippen molar-refractivity contribution >= 4 is 0 Å². The van der Waals surface area contributed by atoms with Crippen molar-refractivity contribution in [3.8, 4) is 0 Å². The third kappa shape index (κ3) is 3.44. The van der Waals surface area contributed by atoms with Crippen LogP contribution >= 0.6 is 0 Å². The largest absolute Gasteiger partial charge is 0.297 e. The van der Waals surface area contributed by atoms with Crippen LogP contribution in [0.2, 0.25) is 0 Å². The fourth-order valence-electron chi connectivity index (χ4n) is 2.72. The van der Waals surface area contributed by atoms with Gasteiger partial charge in [-0.1, -0.05) is 20.3 Å². The van der Waals surface area contributed by atoms with Gasteiger partial charge in [-0.05, 0) is 52.1 Å². The minimum Gasteiger partial charge on any atom is -0.297 e. The normalized spacial score (nSPS) is 21.4. The molecule has 0 spiro atoms. The highest BCUT2D eigenvalue weighted by molar-refractivity contribution is 4.94. The van der Waals surface area contributed by atoms with E-state index in [0.717, 1.165) is 6.42 Å². The van der Waals surface area contributed by atoms with Crippen LogP contribution in [0.25, 0.3) is 0 Å². The van der Waals surface area contributed by atoms with Crippen LogP contribution in [0.1, 0.15) is 53.4 Å². The van der Waals surface area contributed by atoms with Gasteiger partial charge >= 0.3 is 0 Å². The molecular weight excluding hydrogens is 198 g/mol. The zero-order chi connectivity index (χ0) is 12.2. The Morgan fingerprint density at radius 3 is 2.19 bits per heavy atom. The number of hydrazine groups is 1. The van der Waals surface area contributed by atoms with Gasteiger partial charge in [-0.2, -0.15) is 0 Å². The summed E-state index contributed by atoms with van der Waals surface area (Å²) in [7, 11) is 0. The van der Waals surface area contributed by atoms with E-state index in [2.05, 4.69) is 38.0 Å². The number of nitrogens with one attached hydrogen (secondary N) is 1. The Morgan fingerprint density at radius 1 is 1.19 bits per heavy atom. The molecule has 1 fully saturated rings. The van der Waals surface area contributed by atoms with Crippen molar-refractivity contribution in [2.24, 2.45) is 11.8 Å². The zero-order valence-electron chi connectivity index (χ0n) is 11.4. The van der Waals surface area contributed by atoms with Crippen molar-refractivity contribution in [2.75, 3.05) is 13.1 Å². The smallest absolute Gasteiger partial charge is 0.0391 e. The second kappa shape index (κ2) is 5.99. The standard InChI is InChI=1S/C13H29N3/c1-11(2)10-12(15-14)13(3,4)16-8-6-5-7-9-16/h11-12,15H,5-10,14H2,1-4H3. The average Bonchev–Trinajstić information content (AvgIpc) is 2.26. The molecule has 0 saturated carbocycles. The Bertz CT molecular complexity index is 195. The summed E-state index contributed by atoms with van der Waals surface area (Å²) < 4.78 is 0. The van der Waals surface area contributed by atoms with Crippen molar-refractivity contribution < 1.29 is 0 Å². The summed E-state index contributed by atoms with van der Waals surface area (Å²) in [5, 5.41) is 0. The summed E-state index contributed by atoms with van der Waals surface area (Å²) in [5.74, 6) is 6.42. The van der Waals surface area contributed by atoms with Gasteiger partial charge in [0.1, 0.15) is 0 Å². The molecule has 0 amide bonds. The second-order valence-electron chi connectivity index (χ2n) is 6.05. The molecule has 0 aromatic rings. The van der Waals surface area contributed by atoms with E-state index >= 15 is 0 Å². The maximum Gasteiger partial charge on any atom is 0.0391 e. The van der Waals surface area contributed by atoms with E-state index in [1.165, 1.54) is 32.4 Å². The van der Waals surface area contributed by atoms with Crippen LogP contribution in [0, 0.1) is 5.92 Å². The Morgan fingerprint density at radius 2 is 1.75 bits per heavy atom. The van der Waals surface area contributed by atoms with Gasteiger partial charge in [0.2, 0.25) is 0 Å². The SMILES string of the molecule is CC(C)CC(NN)C(C)(C)N1CCCCC1. The molecule has 0 aliphatic carbocycles. The summed E-state index contributed by atoms with van der Waals surface area (Å²) in [6, 6.07) is 0.380. The van der Waals surface area contributed by atoms with Crippen molar-refractivity contribution in [3.63, 3.8) is 0 Å². The van der Waals surface area contributed by atoms with Crippen LogP contribution in [-0.2, 0) is 0 Å². The van der Waals surface area contributed by atoms with E-state index in [1.54, 1.807) is 0 Å². The molecule has 1 atom stereocenters. The molecule has 16 heavy (non-hydrogen) atoms. The van der Waals surface area contributed by atoms with Crippen molar-refractivity contribution in [1.82, 2.24) is 10.3 Å². The predicted octanol–water partition coefficient (Wildman–Crippen LogP) is 2.13. The summed E-state index contributed by atoms with van der Waals surface area (Å²) in [6.45, 7) is 11.6. The number of hydrogen-bond donors (Lipinski definition) is 2. The quantitative estimate of drug-likeness (QED) is 0.558. The minimum absolute atomic E-state index is 0.166. The number of nitrogens with two attached hydrogens (primary N) is 1. The molecule has 96 valence electrons. The Balaban J connectivity index is 2.63. The molecule has 3 heteroatoms. The van der Waals surface area contributed by atoms with Gasteiger partial charge in [0, 0.05) is 11.6 Å². The van der Waals surface area contributed by atoms with Gasteiger partial charge in [-0.15, -0.1) is 0 Å².